The Morgan fingerprint density at radius 3 is 2.05 bits per heavy atom. The zero-order valence-corrected chi connectivity index (χ0v) is 21.6. The summed E-state index contributed by atoms with van der Waals surface area (Å²) in [5, 5.41) is 10.6. The van der Waals surface area contributed by atoms with Gasteiger partial charge in [0.2, 0.25) is 5.91 Å². The molecule has 39 heavy (non-hydrogen) atoms. The number of aliphatic hydroxyl groups excluding tert-OH is 1. The van der Waals surface area contributed by atoms with Crippen LogP contribution in [0.1, 0.15) is 36.1 Å². The number of hydrogen-bond donors (Lipinski definition) is 3. The van der Waals surface area contributed by atoms with Gasteiger partial charge in [0.1, 0.15) is 11.6 Å². The molecule has 0 radical (unpaired) electrons. The molecule has 9 heteroatoms. The van der Waals surface area contributed by atoms with E-state index in [0.29, 0.717) is 29.7 Å². The first kappa shape index (κ1) is 26.9. The van der Waals surface area contributed by atoms with Crippen molar-refractivity contribution >= 4 is 24.5 Å². The highest BCUT2D eigenvalue weighted by molar-refractivity contribution is 7.60. The lowest BCUT2D eigenvalue weighted by Crippen LogP contribution is -2.55. The zero-order chi connectivity index (χ0) is 27.7. The van der Waals surface area contributed by atoms with E-state index in [1.54, 1.807) is 29.2 Å². The SMILES string of the molecule is O=C1C(CCC(O)c2ccc(F)cc2)C(c2ccc(-c3cccc(P(=O)(O)O)c3)cc2)N1c1ccc(F)cc1. The van der Waals surface area contributed by atoms with Crippen LogP contribution in [-0.2, 0) is 9.36 Å². The quantitative estimate of drug-likeness (QED) is 0.195. The molecule has 1 heterocycles. The van der Waals surface area contributed by atoms with Gasteiger partial charge in [-0.2, -0.15) is 0 Å². The number of hydrogen-bond acceptors (Lipinski definition) is 3. The molecule has 0 spiro atoms. The number of benzene rings is 4. The number of aliphatic hydroxyl groups is 1. The topological polar surface area (TPSA) is 98.1 Å². The average molecular weight is 550 g/mol. The van der Waals surface area contributed by atoms with E-state index in [-0.39, 0.29) is 17.3 Å². The summed E-state index contributed by atoms with van der Waals surface area (Å²) in [5.74, 6) is -1.39. The molecule has 4 aromatic rings. The van der Waals surface area contributed by atoms with E-state index in [1.807, 2.05) is 24.3 Å². The van der Waals surface area contributed by atoms with Crippen molar-refractivity contribution in [2.75, 3.05) is 4.90 Å². The second-order valence-corrected chi connectivity index (χ2v) is 11.2. The van der Waals surface area contributed by atoms with Gasteiger partial charge in [-0.3, -0.25) is 9.36 Å². The maximum Gasteiger partial charge on any atom is 0.356 e. The number of rotatable bonds is 8. The summed E-state index contributed by atoms with van der Waals surface area (Å²) in [6.45, 7) is 0. The Bertz CT molecular complexity index is 1520. The zero-order valence-electron chi connectivity index (χ0n) is 20.7. The third kappa shape index (κ3) is 5.70. The van der Waals surface area contributed by atoms with E-state index < -0.39 is 31.3 Å². The van der Waals surface area contributed by atoms with Crippen molar-refractivity contribution in [2.45, 2.75) is 25.0 Å². The van der Waals surface area contributed by atoms with Crippen LogP contribution in [0.2, 0.25) is 0 Å². The molecule has 0 aromatic heterocycles. The van der Waals surface area contributed by atoms with Crippen LogP contribution in [0, 0.1) is 17.6 Å². The molecule has 1 saturated heterocycles. The summed E-state index contributed by atoms with van der Waals surface area (Å²) in [5.41, 5.74) is 3.34. The largest absolute Gasteiger partial charge is 0.388 e. The van der Waals surface area contributed by atoms with Crippen molar-refractivity contribution in [2.24, 2.45) is 5.92 Å². The highest BCUT2D eigenvalue weighted by atomic mass is 31.2. The van der Waals surface area contributed by atoms with Crippen LogP contribution in [0.5, 0.6) is 0 Å². The van der Waals surface area contributed by atoms with Crippen LogP contribution in [0.3, 0.4) is 0 Å². The minimum Gasteiger partial charge on any atom is -0.388 e. The lowest BCUT2D eigenvalue weighted by molar-refractivity contribution is -0.131. The number of β-lactam (4-membered cyclic amide) rings is 1. The molecule has 1 amide bonds. The second kappa shape index (κ2) is 10.8. The molecule has 4 aromatic carbocycles. The highest BCUT2D eigenvalue weighted by Gasteiger charge is 2.48. The van der Waals surface area contributed by atoms with Gasteiger partial charge in [-0.25, -0.2) is 8.78 Å². The molecule has 0 saturated carbocycles. The van der Waals surface area contributed by atoms with Gasteiger partial charge in [0, 0.05) is 5.69 Å². The van der Waals surface area contributed by atoms with E-state index >= 15 is 0 Å². The Kier molecular flexibility index (Phi) is 7.47. The molecule has 0 bridgehead atoms. The molecular weight excluding hydrogens is 523 g/mol. The Morgan fingerprint density at radius 2 is 1.44 bits per heavy atom. The van der Waals surface area contributed by atoms with E-state index in [4.69, 9.17) is 0 Å². The van der Waals surface area contributed by atoms with Crippen LogP contribution >= 0.6 is 7.60 Å². The minimum atomic E-state index is -4.40. The van der Waals surface area contributed by atoms with E-state index in [1.165, 1.54) is 48.5 Å². The van der Waals surface area contributed by atoms with Crippen molar-refractivity contribution in [1.29, 1.82) is 0 Å². The molecular formula is C30H26F2NO5P. The van der Waals surface area contributed by atoms with Crippen LogP contribution in [0.25, 0.3) is 11.1 Å². The van der Waals surface area contributed by atoms with Crippen LogP contribution in [-0.4, -0.2) is 20.8 Å². The highest BCUT2D eigenvalue weighted by Crippen LogP contribution is 2.46. The number of anilines is 1. The number of amides is 1. The predicted octanol–water partition coefficient (Wildman–Crippen LogP) is 5.65. The molecule has 200 valence electrons. The lowest BCUT2D eigenvalue weighted by atomic mass is 9.78. The molecule has 5 rings (SSSR count). The summed E-state index contributed by atoms with van der Waals surface area (Å²) in [4.78, 5) is 33.9. The van der Waals surface area contributed by atoms with Gasteiger partial charge >= 0.3 is 7.60 Å². The van der Waals surface area contributed by atoms with Crippen LogP contribution in [0.15, 0.2) is 97.1 Å². The first-order valence-electron chi connectivity index (χ1n) is 12.4. The molecule has 1 fully saturated rings. The normalized spacial score (nSPS) is 18.1. The third-order valence-corrected chi connectivity index (χ3v) is 8.04. The third-order valence-electron chi connectivity index (χ3n) is 7.09. The van der Waals surface area contributed by atoms with Gasteiger partial charge < -0.3 is 19.8 Å². The van der Waals surface area contributed by atoms with Gasteiger partial charge in [0.15, 0.2) is 0 Å². The average Bonchev–Trinajstić information content (AvgIpc) is 2.93. The van der Waals surface area contributed by atoms with E-state index in [9.17, 15) is 33.0 Å². The Balaban J connectivity index is 1.41. The summed E-state index contributed by atoms with van der Waals surface area (Å²) < 4.78 is 38.5. The summed E-state index contributed by atoms with van der Waals surface area (Å²) >= 11 is 0. The van der Waals surface area contributed by atoms with Crippen molar-refractivity contribution < 1.29 is 33.0 Å². The van der Waals surface area contributed by atoms with Gasteiger partial charge in [0.05, 0.1) is 23.4 Å². The number of halogens is 2. The monoisotopic (exact) mass is 549 g/mol. The molecule has 0 aliphatic carbocycles. The number of carbonyl (C=O) groups is 1. The van der Waals surface area contributed by atoms with E-state index in [0.717, 1.165) is 11.1 Å². The Hall–Kier alpha value is -3.68. The van der Waals surface area contributed by atoms with Crippen LogP contribution < -0.4 is 10.2 Å². The van der Waals surface area contributed by atoms with Crippen molar-refractivity contribution in [3.63, 3.8) is 0 Å². The molecule has 3 unspecified atom stereocenters. The lowest BCUT2D eigenvalue weighted by Gasteiger charge is -2.48. The predicted molar refractivity (Wildman–Crippen MR) is 144 cm³/mol. The van der Waals surface area contributed by atoms with Gasteiger partial charge in [-0.1, -0.05) is 48.5 Å². The van der Waals surface area contributed by atoms with Gasteiger partial charge in [0.25, 0.3) is 0 Å². The summed E-state index contributed by atoms with van der Waals surface area (Å²) in [6, 6.07) is 24.5. The maximum atomic E-state index is 13.6. The molecule has 1 aliphatic heterocycles. The van der Waals surface area contributed by atoms with Gasteiger partial charge in [-0.05, 0) is 83.6 Å². The molecule has 6 nitrogen and oxygen atoms in total. The van der Waals surface area contributed by atoms with Crippen molar-refractivity contribution in [3.05, 3.63) is 120 Å². The molecule has 3 N–H and O–H groups in total. The summed E-state index contributed by atoms with van der Waals surface area (Å²) in [7, 11) is -4.40. The number of nitrogens with zero attached hydrogens (tertiary/aromatic N) is 1. The Morgan fingerprint density at radius 1 is 0.821 bits per heavy atom. The fourth-order valence-electron chi connectivity index (χ4n) is 5.03. The molecule has 3 atom stereocenters. The Labute approximate surface area is 224 Å². The maximum absolute atomic E-state index is 13.6. The van der Waals surface area contributed by atoms with Crippen molar-refractivity contribution in [1.82, 2.24) is 0 Å². The first-order valence-corrected chi connectivity index (χ1v) is 14.0. The second-order valence-electron chi connectivity index (χ2n) is 9.60. The first-order chi connectivity index (χ1) is 18.6. The standard InChI is InChI=1S/C30H26F2NO5P/c31-23-10-8-20(9-11-23)28(34)17-16-27-29(33(30(27)35)25-14-12-24(32)13-15-25)21-6-4-19(5-7-21)22-2-1-3-26(18-22)39(36,37)38/h1-15,18,27-29,34H,16-17H2,(H2,36,37,38). The van der Waals surface area contributed by atoms with Crippen molar-refractivity contribution in [3.8, 4) is 11.1 Å². The van der Waals surface area contributed by atoms with E-state index in [2.05, 4.69) is 0 Å². The smallest absolute Gasteiger partial charge is 0.356 e. The van der Waals surface area contributed by atoms with Crippen LogP contribution in [0.4, 0.5) is 14.5 Å². The fraction of sp³-hybridized carbons (Fsp3) is 0.167. The van der Waals surface area contributed by atoms with Gasteiger partial charge in [-0.15, -0.1) is 0 Å². The summed E-state index contributed by atoms with van der Waals surface area (Å²) in [6.07, 6.45) is -0.183. The minimum absolute atomic E-state index is 0.0732. The number of carbonyl (C=O) groups excluding carboxylic acids is 1. The fourth-order valence-corrected chi connectivity index (χ4v) is 5.62. The molecule has 1 aliphatic rings.